The van der Waals surface area contributed by atoms with Gasteiger partial charge in [-0.3, -0.25) is 0 Å². The molecule has 1 aliphatic heterocycles. The number of rotatable bonds is 4. The molecule has 1 heterocycles. The van der Waals surface area contributed by atoms with E-state index in [1.54, 1.807) is 7.11 Å². The molecule has 1 aliphatic rings. The molecule has 1 saturated heterocycles. The van der Waals surface area contributed by atoms with Crippen LogP contribution in [0.5, 0.6) is 5.75 Å². The van der Waals surface area contributed by atoms with Gasteiger partial charge < -0.3 is 14.2 Å². The summed E-state index contributed by atoms with van der Waals surface area (Å²) in [7, 11) is 1.66. The third-order valence-electron chi connectivity index (χ3n) is 2.82. The minimum absolute atomic E-state index is 0.0538. The molecular formula is C13H17BrO3. The fourth-order valence-corrected chi connectivity index (χ4v) is 2.18. The van der Waals surface area contributed by atoms with Gasteiger partial charge >= 0.3 is 0 Å². The van der Waals surface area contributed by atoms with Crippen LogP contribution in [-0.2, 0) is 16.1 Å². The van der Waals surface area contributed by atoms with Crippen LogP contribution in [0.15, 0.2) is 22.7 Å². The molecule has 3 nitrogen and oxygen atoms in total. The zero-order valence-electron chi connectivity index (χ0n) is 9.95. The van der Waals surface area contributed by atoms with E-state index in [1.807, 2.05) is 18.2 Å². The summed E-state index contributed by atoms with van der Waals surface area (Å²) in [5.74, 6) is 0.844. The molecule has 0 spiro atoms. The lowest BCUT2D eigenvalue weighted by Gasteiger charge is -2.23. The molecular weight excluding hydrogens is 284 g/mol. The highest BCUT2D eigenvalue weighted by Gasteiger charge is 2.14. The number of hydrogen-bond acceptors (Lipinski definition) is 3. The third kappa shape index (κ3) is 3.69. The lowest BCUT2D eigenvalue weighted by Crippen LogP contribution is -2.22. The summed E-state index contributed by atoms with van der Waals surface area (Å²) in [6, 6.07) is 5.87. The van der Waals surface area contributed by atoms with Crippen molar-refractivity contribution in [2.24, 2.45) is 0 Å². The average molecular weight is 301 g/mol. The van der Waals surface area contributed by atoms with Crippen molar-refractivity contribution >= 4 is 15.9 Å². The fourth-order valence-electron chi connectivity index (χ4n) is 1.81. The van der Waals surface area contributed by atoms with E-state index < -0.39 is 0 Å². The molecule has 1 atom stereocenters. The topological polar surface area (TPSA) is 27.7 Å². The maximum atomic E-state index is 5.74. The van der Waals surface area contributed by atoms with Crippen LogP contribution in [0.4, 0.5) is 0 Å². The predicted molar refractivity (Wildman–Crippen MR) is 69.1 cm³/mol. The second kappa shape index (κ2) is 6.38. The van der Waals surface area contributed by atoms with E-state index in [-0.39, 0.29) is 6.29 Å². The Bertz CT molecular complexity index is 362. The minimum atomic E-state index is -0.0538. The summed E-state index contributed by atoms with van der Waals surface area (Å²) < 4.78 is 17.5. The number of ether oxygens (including phenoxy) is 3. The third-order valence-corrected chi connectivity index (χ3v) is 3.59. The Balaban J connectivity index is 1.92. The lowest BCUT2D eigenvalue weighted by molar-refractivity contribution is -0.169. The Morgan fingerprint density at radius 2 is 2.29 bits per heavy atom. The van der Waals surface area contributed by atoms with Gasteiger partial charge in [-0.1, -0.05) is 15.9 Å². The SMILES string of the molecule is COc1ccc(Br)c(CO[C@H]2CCCCO2)c1. The van der Waals surface area contributed by atoms with E-state index in [0.29, 0.717) is 6.61 Å². The Labute approximate surface area is 110 Å². The van der Waals surface area contributed by atoms with Crippen LogP contribution in [-0.4, -0.2) is 20.0 Å². The number of methoxy groups -OCH3 is 1. The smallest absolute Gasteiger partial charge is 0.158 e. The van der Waals surface area contributed by atoms with Gasteiger partial charge in [0.15, 0.2) is 6.29 Å². The van der Waals surface area contributed by atoms with Crippen molar-refractivity contribution in [2.75, 3.05) is 13.7 Å². The maximum absolute atomic E-state index is 5.74. The summed E-state index contributed by atoms with van der Waals surface area (Å²) >= 11 is 3.51. The standard InChI is InChI=1S/C13H17BrO3/c1-15-11-5-6-12(14)10(8-11)9-17-13-4-2-3-7-16-13/h5-6,8,13H,2-4,7,9H2,1H3/t13-/m0/s1. The number of halogens is 1. The van der Waals surface area contributed by atoms with Gasteiger partial charge in [-0.2, -0.15) is 0 Å². The molecule has 0 aromatic heterocycles. The molecule has 0 saturated carbocycles. The molecule has 0 aliphatic carbocycles. The highest BCUT2D eigenvalue weighted by molar-refractivity contribution is 9.10. The van der Waals surface area contributed by atoms with Crippen molar-refractivity contribution in [3.63, 3.8) is 0 Å². The van der Waals surface area contributed by atoms with Crippen molar-refractivity contribution in [3.8, 4) is 5.75 Å². The van der Waals surface area contributed by atoms with Crippen LogP contribution in [0.2, 0.25) is 0 Å². The quantitative estimate of drug-likeness (QED) is 0.852. The van der Waals surface area contributed by atoms with E-state index in [9.17, 15) is 0 Å². The van der Waals surface area contributed by atoms with Crippen molar-refractivity contribution in [2.45, 2.75) is 32.2 Å². The largest absolute Gasteiger partial charge is 0.497 e. The second-order valence-corrected chi connectivity index (χ2v) is 4.92. The normalized spacial score (nSPS) is 20.2. The summed E-state index contributed by atoms with van der Waals surface area (Å²) in [6.45, 7) is 1.35. The van der Waals surface area contributed by atoms with E-state index in [4.69, 9.17) is 14.2 Å². The van der Waals surface area contributed by atoms with E-state index >= 15 is 0 Å². The first kappa shape index (κ1) is 12.9. The Morgan fingerprint density at radius 1 is 1.41 bits per heavy atom. The van der Waals surface area contributed by atoms with Gasteiger partial charge in [0.05, 0.1) is 13.7 Å². The molecule has 1 aromatic rings. The van der Waals surface area contributed by atoms with E-state index in [0.717, 1.165) is 35.2 Å². The van der Waals surface area contributed by atoms with Gasteiger partial charge in [-0.15, -0.1) is 0 Å². The van der Waals surface area contributed by atoms with Gasteiger partial charge in [0, 0.05) is 11.1 Å². The first-order valence-electron chi connectivity index (χ1n) is 5.85. The molecule has 0 unspecified atom stereocenters. The van der Waals surface area contributed by atoms with Crippen LogP contribution in [0, 0.1) is 0 Å². The molecule has 94 valence electrons. The highest BCUT2D eigenvalue weighted by Crippen LogP contribution is 2.24. The Hall–Kier alpha value is -0.580. The molecule has 0 bridgehead atoms. The van der Waals surface area contributed by atoms with Crippen molar-refractivity contribution in [1.29, 1.82) is 0 Å². The molecule has 4 heteroatoms. The summed E-state index contributed by atoms with van der Waals surface area (Å²) in [5.41, 5.74) is 1.08. The predicted octanol–water partition coefficient (Wildman–Crippen LogP) is 3.50. The van der Waals surface area contributed by atoms with Crippen LogP contribution >= 0.6 is 15.9 Å². The van der Waals surface area contributed by atoms with Gasteiger partial charge in [0.25, 0.3) is 0 Å². The molecule has 1 aromatic carbocycles. The van der Waals surface area contributed by atoms with Gasteiger partial charge in [-0.25, -0.2) is 0 Å². The Morgan fingerprint density at radius 3 is 3.00 bits per heavy atom. The summed E-state index contributed by atoms with van der Waals surface area (Å²) in [5, 5.41) is 0. The lowest BCUT2D eigenvalue weighted by atomic mass is 10.2. The number of hydrogen-bond donors (Lipinski definition) is 0. The first-order chi connectivity index (χ1) is 8.29. The molecule has 1 fully saturated rings. The van der Waals surface area contributed by atoms with E-state index in [2.05, 4.69) is 15.9 Å². The van der Waals surface area contributed by atoms with Gasteiger partial charge in [0.2, 0.25) is 0 Å². The molecule has 0 amide bonds. The van der Waals surface area contributed by atoms with Crippen LogP contribution in [0.3, 0.4) is 0 Å². The summed E-state index contributed by atoms with van der Waals surface area (Å²) in [4.78, 5) is 0. The van der Waals surface area contributed by atoms with Gasteiger partial charge in [-0.05, 0) is 43.0 Å². The average Bonchev–Trinajstić information content (AvgIpc) is 2.39. The van der Waals surface area contributed by atoms with E-state index in [1.165, 1.54) is 6.42 Å². The molecule has 17 heavy (non-hydrogen) atoms. The first-order valence-corrected chi connectivity index (χ1v) is 6.64. The van der Waals surface area contributed by atoms with Crippen molar-refractivity contribution < 1.29 is 14.2 Å². The minimum Gasteiger partial charge on any atom is -0.497 e. The number of benzene rings is 1. The fraction of sp³-hybridized carbons (Fsp3) is 0.538. The van der Waals surface area contributed by atoms with Crippen LogP contribution in [0.25, 0.3) is 0 Å². The van der Waals surface area contributed by atoms with Gasteiger partial charge in [0.1, 0.15) is 5.75 Å². The van der Waals surface area contributed by atoms with Crippen LogP contribution < -0.4 is 4.74 Å². The Kier molecular flexibility index (Phi) is 4.83. The monoisotopic (exact) mass is 300 g/mol. The molecule has 0 radical (unpaired) electrons. The van der Waals surface area contributed by atoms with Crippen LogP contribution in [0.1, 0.15) is 24.8 Å². The zero-order valence-corrected chi connectivity index (χ0v) is 11.5. The van der Waals surface area contributed by atoms with Crippen molar-refractivity contribution in [1.82, 2.24) is 0 Å². The maximum Gasteiger partial charge on any atom is 0.158 e. The second-order valence-electron chi connectivity index (χ2n) is 4.06. The zero-order chi connectivity index (χ0) is 12.1. The molecule has 0 N–H and O–H groups in total. The molecule has 2 rings (SSSR count). The van der Waals surface area contributed by atoms with Crippen molar-refractivity contribution in [3.05, 3.63) is 28.2 Å². The highest BCUT2D eigenvalue weighted by atomic mass is 79.9. The summed E-state index contributed by atoms with van der Waals surface area (Å²) in [6.07, 6.45) is 3.26.